The van der Waals surface area contributed by atoms with Gasteiger partial charge < -0.3 is 15.2 Å². The second kappa shape index (κ2) is 6.93. The lowest BCUT2D eigenvalue weighted by atomic mass is 9.76. The van der Waals surface area contributed by atoms with Crippen LogP contribution in [0.1, 0.15) is 53.5 Å². The van der Waals surface area contributed by atoms with Crippen molar-refractivity contribution in [3.05, 3.63) is 65.2 Å². The highest BCUT2D eigenvalue weighted by Gasteiger charge is 2.50. The summed E-state index contributed by atoms with van der Waals surface area (Å²) in [7, 11) is 0. The standard InChI is InChI=1S/C23H23FN4O2/c1-14-25-18-8-5-16(13-19(18)26-14)22(30)28-12-2-10-23(11-9-20(29)27-23)21(28)15-3-6-17(24)7-4-15/h3-8,13,21H,2,9-12H2,1H3,(H,25,26)(H,27,29)/t21-,23+/m1/s1. The Morgan fingerprint density at radius 3 is 2.73 bits per heavy atom. The molecule has 5 rings (SSSR count). The number of fused-ring (bicyclic) bond motifs is 1. The van der Waals surface area contributed by atoms with Crippen molar-refractivity contribution in [3.63, 3.8) is 0 Å². The fraction of sp³-hybridized carbons (Fsp3) is 0.348. The number of halogens is 1. The minimum Gasteiger partial charge on any atom is -0.348 e. The number of H-pyrrole nitrogens is 1. The van der Waals surface area contributed by atoms with Gasteiger partial charge in [0.15, 0.2) is 0 Å². The van der Waals surface area contributed by atoms with Gasteiger partial charge in [-0.25, -0.2) is 9.37 Å². The number of aromatic amines is 1. The van der Waals surface area contributed by atoms with Crippen LogP contribution in [0.15, 0.2) is 42.5 Å². The Labute approximate surface area is 173 Å². The molecule has 30 heavy (non-hydrogen) atoms. The number of piperidine rings is 1. The van der Waals surface area contributed by atoms with Crippen molar-refractivity contribution in [2.45, 2.75) is 44.2 Å². The molecule has 0 bridgehead atoms. The third-order valence-electron chi connectivity index (χ3n) is 6.34. The molecule has 2 aliphatic heterocycles. The van der Waals surface area contributed by atoms with Gasteiger partial charge in [-0.3, -0.25) is 9.59 Å². The molecule has 2 amide bonds. The quantitative estimate of drug-likeness (QED) is 0.682. The number of carbonyl (C=O) groups is 2. The van der Waals surface area contributed by atoms with Crippen molar-refractivity contribution in [1.29, 1.82) is 0 Å². The van der Waals surface area contributed by atoms with Crippen LogP contribution in [0.2, 0.25) is 0 Å². The number of nitrogens with zero attached hydrogens (tertiary/aromatic N) is 2. The van der Waals surface area contributed by atoms with Crippen LogP contribution >= 0.6 is 0 Å². The number of aromatic nitrogens is 2. The van der Waals surface area contributed by atoms with E-state index in [-0.39, 0.29) is 23.7 Å². The molecule has 7 heteroatoms. The molecule has 2 fully saturated rings. The van der Waals surface area contributed by atoms with Gasteiger partial charge in [0.2, 0.25) is 5.91 Å². The van der Waals surface area contributed by atoms with Gasteiger partial charge in [-0.15, -0.1) is 0 Å². The van der Waals surface area contributed by atoms with Crippen molar-refractivity contribution in [3.8, 4) is 0 Å². The summed E-state index contributed by atoms with van der Waals surface area (Å²) >= 11 is 0. The van der Waals surface area contributed by atoms with Crippen LogP contribution in [0.5, 0.6) is 0 Å². The lowest BCUT2D eigenvalue weighted by Gasteiger charge is -2.48. The number of hydrogen-bond donors (Lipinski definition) is 2. The topological polar surface area (TPSA) is 78.1 Å². The molecular weight excluding hydrogens is 383 g/mol. The van der Waals surface area contributed by atoms with Gasteiger partial charge in [0, 0.05) is 18.5 Å². The molecule has 2 aliphatic rings. The minimum atomic E-state index is -0.516. The summed E-state index contributed by atoms with van der Waals surface area (Å²) in [6.45, 7) is 2.46. The van der Waals surface area contributed by atoms with Crippen LogP contribution < -0.4 is 5.32 Å². The molecule has 6 nitrogen and oxygen atoms in total. The van der Waals surface area contributed by atoms with E-state index < -0.39 is 5.54 Å². The van der Waals surface area contributed by atoms with E-state index in [2.05, 4.69) is 15.3 Å². The van der Waals surface area contributed by atoms with Crippen molar-refractivity contribution in [2.24, 2.45) is 0 Å². The summed E-state index contributed by atoms with van der Waals surface area (Å²) in [5.74, 6) is 0.380. The van der Waals surface area contributed by atoms with Gasteiger partial charge in [0.1, 0.15) is 11.6 Å². The molecule has 2 atom stereocenters. The predicted molar refractivity (Wildman–Crippen MR) is 110 cm³/mol. The highest BCUT2D eigenvalue weighted by atomic mass is 19.1. The average Bonchev–Trinajstić information content (AvgIpc) is 3.29. The van der Waals surface area contributed by atoms with Crippen LogP contribution in [0.25, 0.3) is 11.0 Å². The second-order valence-corrected chi connectivity index (χ2v) is 8.31. The number of imidazole rings is 1. The lowest BCUT2D eigenvalue weighted by Crippen LogP contribution is -2.58. The summed E-state index contributed by atoms with van der Waals surface area (Å²) in [5.41, 5.74) is 2.52. The van der Waals surface area contributed by atoms with E-state index in [9.17, 15) is 14.0 Å². The zero-order chi connectivity index (χ0) is 20.9. The van der Waals surface area contributed by atoms with Crippen LogP contribution in [0.3, 0.4) is 0 Å². The molecule has 3 heterocycles. The van der Waals surface area contributed by atoms with Gasteiger partial charge in [-0.05, 0) is 62.1 Å². The zero-order valence-electron chi connectivity index (χ0n) is 16.7. The first kappa shape index (κ1) is 18.8. The van der Waals surface area contributed by atoms with E-state index in [1.807, 2.05) is 24.0 Å². The number of likely N-dealkylation sites (tertiary alicyclic amines) is 1. The van der Waals surface area contributed by atoms with Crippen LogP contribution in [-0.2, 0) is 4.79 Å². The van der Waals surface area contributed by atoms with Crippen molar-refractivity contribution >= 4 is 22.8 Å². The molecule has 0 radical (unpaired) electrons. The van der Waals surface area contributed by atoms with Crippen LogP contribution in [0, 0.1) is 12.7 Å². The van der Waals surface area contributed by atoms with E-state index in [0.717, 1.165) is 35.3 Å². The fourth-order valence-corrected chi connectivity index (χ4v) is 5.06. The Morgan fingerprint density at radius 2 is 2.00 bits per heavy atom. The zero-order valence-corrected chi connectivity index (χ0v) is 16.7. The lowest BCUT2D eigenvalue weighted by molar-refractivity contribution is -0.120. The molecule has 0 unspecified atom stereocenters. The Morgan fingerprint density at radius 1 is 1.20 bits per heavy atom. The minimum absolute atomic E-state index is 0.00534. The molecule has 2 aromatic carbocycles. The van der Waals surface area contributed by atoms with Crippen molar-refractivity contribution in [2.75, 3.05) is 6.54 Å². The smallest absolute Gasteiger partial charge is 0.254 e. The number of rotatable bonds is 2. The highest BCUT2D eigenvalue weighted by Crippen LogP contribution is 2.45. The number of aryl methyl sites for hydroxylation is 1. The van der Waals surface area contributed by atoms with Gasteiger partial charge >= 0.3 is 0 Å². The summed E-state index contributed by atoms with van der Waals surface area (Å²) < 4.78 is 13.6. The molecule has 1 aromatic heterocycles. The Bertz CT molecular complexity index is 1140. The maximum absolute atomic E-state index is 13.6. The molecule has 2 N–H and O–H groups in total. The van der Waals surface area contributed by atoms with E-state index in [1.165, 1.54) is 12.1 Å². The molecule has 154 valence electrons. The van der Waals surface area contributed by atoms with Gasteiger partial charge in [0.05, 0.1) is 22.6 Å². The van der Waals surface area contributed by atoms with Gasteiger partial charge in [0.25, 0.3) is 5.91 Å². The SMILES string of the molecule is Cc1nc2ccc(C(=O)N3CCC[C@]4(CCC(=O)N4)[C@H]3c3ccc(F)cc3)cc2[nH]1. The van der Waals surface area contributed by atoms with E-state index in [4.69, 9.17) is 0 Å². The number of carbonyl (C=O) groups excluding carboxylic acids is 2. The van der Waals surface area contributed by atoms with Crippen molar-refractivity contribution in [1.82, 2.24) is 20.2 Å². The monoisotopic (exact) mass is 406 g/mol. The molecule has 2 saturated heterocycles. The Balaban J connectivity index is 1.57. The largest absolute Gasteiger partial charge is 0.348 e. The second-order valence-electron chi connectivity index (χ2n) is 8.31. The Kier molecular flexibility index (Phi) is 4.34. The van der Waals surface area contributed by atoms with Crippen LogP contribution in [0.4, 0.5) is 4.39 Å². The van der Waals surface area contributed by atoms with Gasteiger partial charge in [-0.1, -0.05) is 12.1 Å². The fourth-order valence-electron chi connectivity index (χ4n) is 5.06. The summed E-state index contributed by atoms with van der Waals surface area (Å²) in [6, 6.07) is 11.4. The molecule has 1 spiro atoms. The normalized spacial score (nSPS) is 23.9. The first-order valence-corrected chi connectivity index (χ1v) is 10.3. The van der Waals surface area contributed by atoms with Crippen molar-refractivity contribution < 1.29 is 14.0 Å². The van der Waals surface area contributed by atoms with E-state index in [1.54, 1.807) is 18.2 Å². The Hall–Kier alpha value is -3.22. The highest BCUT2D eigenvalue weighted by molar-refractivity contribution is 5.98. The molecule has 0 saturated carbocycles. The summed E-state index contributed by atoms with van der Waals surface area (Å²) in [6.07, 6.45) is 2.70. The average molecular weight is 406 g/mol. The van der Waals surface area contributed by atoms with Gasteiger partial charge in [-0.2, -0.15) is 0 Å². The maximum atomic E-state index is 13.6. The summed E-state index contributed by atoms with van der Waals surface area (Å²) in [4.78, 5) is 35.2. The molecule has 0 aliphatic carbocycles. The number of hydrogen-bond acceptors (Lipinski definition) is 3. The third-order valence-corrected chi connectivity index (χ3v) is 6.34. The van der Waals surface area contributed by atoms with E-state index >= 15 is 0 Å². The first-order valence-electron chi connectivity index (χ1n) is 10.3. The third kappa shape index (κ3) is 3.05. The number of nitrogens with one attached hydrogen (secondary N) is 2. The summed E-state index contributed by atoms with van der Waals surface area (Å²) in [5, 5.41) is 3.16. The number of amides is 2. The molecular formula is C23H23FN4O2. The first-order chi connectivity index (χ1) is 14.4. The predicted octanol–water partition coefficient (Wildman–Crippen LogP) is 3.64. The van der Waals surface area contributed by atoms with E-state index in [0.29, 0.717) is 24.9 Å². The number of benzene rings is 2. The molecule has 3 aromatic rings. The van der Waals surface area contributed by atoms with Crippen LogP contribution in [-0.4, -0.2) is 38.8 Å². The maximum Gasteiger partial charge on any atom is 0.254 e.